The van der Waals surface area contributed by atoms with E-state index < -0.39 is 22.6 Å². The summed E-state index contributed by atoms with van der Waals surface area (Å²) >= 11 is 0. The van der Waals surface area contributed by atoms with Gasteiger partial charge in [0, 0.05) is 31.3 Å². The number of nitrogens with zero attached hydrogens (tertiary/aromatic N) is 2. The predicted molar refractivity (Wildman–Crippen MR) is 123 cm³/mol. The third-order valence-corrected chi connectivity index (χ3v) is 5.13. The third kappa shape index (κ3) is 4.96. The van der Waals surface area contributed by atoms with E-state index in [4.69, 9.17) is 4.42 Å². The number of ketones is 1. The van der Waals surface area contributed by atoms with Crippen molar-refractivity contribution in [2.45, 2.75) is 13.5 Å². The number of benzene rings is 2. The number of hydrogen-bond donors (Lipinski definition) is 1. The number of nitro benzene ring substituents is 1. The molecule has 1 N–H and O–H groups in total. The molecule has 0 saturated heterocycles. The average molecular weight is 465 g/mol. The number of carbonyl (C=O) groups excluding carboxylic acids is 3. The van der Waals surface area contributed by atoms with Crippen LogP contribution in [0.15, 0.2) is 52.9 Å². The molecule has 0 radical (unpaired) electrons. The van der Waals surface area contributed by atoms with Gasteiger partial charge in [-0.25, -0.2) is 4.79 Å². The molecule has 1 amide bonds. The Hall–Kier alpha value is -4.47. The lowest BCUT2D eigenvalue weighted by Crippen LogP contribution is -2.25. The number of amides is 1. The Morgan fingerprint density at radius 1 is 1.06 bits per heavy atom. The van der Waals surface area contributed by atoms with Crippen molar-refractivity contribution in [1.29, 1.82) is 0 Å². The zero-order valence-corrected chi connectivity index (χ0v) is 19.1. The van der Waals surface area contributed by atoms with Gasteiger partial charge in [-0.3, -0.25) is 19.7 Å². The molecule has 3 rings (SSSR count). The Kier molecular flexibility index (Phi) is 7.10. The third-order valence-electron chi connectivity index (χ3n) is 5.13. The molecule has 0 atom stereocenters. The number of ether oxygens (including phenoxy) is 1. The molecule has 0 fully saturated rings. The van der Waals surface area contributed by atoms with Gasteiger partial charge >= 0.3 is 5.97 Å². The van der Waals surface area contributed by atoms with Crippen LogP contribution in [0.1, 0.15) is 48.2 Å². The molecule has 0 unspecified atom stereocenters. The summed E-state index contributed by atoms with van der Waals surface area (Å²) in [7, 11) is 4.59. The van der Waals surface area contributed by atoms with Crippen molar-refractivity contribution in [3.05, 3.63) is 92.4 Å². The predicted octanol–water partition coefficient (Wildman–Crippen LogP) is 3.51. The van der Waals surface area contributed by atoms with Crippen molar-refractivity contribution in [1.82, 2.24) is 5.32 Å². The Balaban J connectivity index is 1.85. The van der Waals surface area contributed by atoms with E-state index in [0.717, 1.165) is 0 Å². The number of aryl methyl sites for hydroxylation is 1. The largest absolute Gasteiger partial charge is 0.465 e. The first-order valence-corrected chi connectivity index (χ1v) is 10.2. The first-order chi connectivity index (χ1) is 16.1. The summed E-state index contributed by atoms with van der Waals surface area (Å²) in [6, 6.07) is 11.8. The monoisotopic (exact) mass is 465 g/mol. The van der Waals surface area contributed by atoms with Crippen LogP contribution >= 0.6 is 0 Å². The SMILES string of the molecule is COC(=O)c1cc(CNC(=O)c2ccccc2C(=O)c2ccc(N(C)C)c([N+](=O)[O-])c2)oc1C. The van der Waals surface area contributed by atoms with Crippen LogP contribution in [0.25, 0.3) is 0 Å². The minimum atomic E-state index is -0.557. The van der Waals surface area contributed by atoms with E-state index in [1.165, 1.54) is 43.5 Å². The number of furan rings is 1. The molecule has 1 aromatic heterocycles. The van der Waals surface area contributed by atoms with E-state index in [-0.39, 0.29) is 34.5 Å². The molecule has 34 heavy (non-hydrogen) atoms. The summed E-state index contributed by atoms with van der Waals surface area (Å²) in [5.74, 6) is -0.929. The zero-order chi connectivity index (χ0) is 25.0. The van der Waals surface area contributed by atoms with Gasteiger partial charge in [-0.1, -0.05) is 18.2 Å². The second-order valence-electron chi connectivity index (χ2n) is 7.59. The zero-order valence-electron chi connectivity index (χ0n) is 19.1. The molecule has 3 aromatic rings. The fraction of sp³-hybridized carbons (Fsp3) is 0.208. The maximum atomic E-state index is 13.2. The summed E-state index contributed by atoms with van der Waals surface area (Å²) in [6.07, 6.45) is 0. The average Bonchev–Trinajstić information content (AvgIpc) is 3.21. The fourth-order valence-electron chi connectivity index (χ4n) is 3.43. The lowest BCUT2D eigenvalue weighted by Gasteiger charge is -2.14. The highest BCUT2D eigenvalue weighted by Crippen LogP contribution is 2.29. The van der Waals surface area contributed by atoms with Crippen molar-refractivity contribution in [2.75, 3.05) is 26.1 Å². The number of anilines is 1. The van der Waals surface area contributed by atoms with E-state index >= 15 is 0 Å². The number of nitro groups is 1. The summed E-state index contributed by atoms with van der Waals surface area (Å²) in [4.78, 5) is 50.3. The van der Waals surface area contributed by atoms with Gasteiger partial charge in [-0.15, -0.1) is 0 Å². The smallest absolute Gasteiger partial charge is 0.341 e. The second-order valence-corrected chi connectivity index (χ2v) is 7.59. The second kappa shape index (κ2) is 9.99. The van der Waals surface area contributed by atoms with Crippen LogP contribution in [-0.4, -0.2) is 43.8 Å². The molecule has 176 valence electrons. The van der Waals surface area contributed by atoms with Gasteiger partial charge in [0.15, 0.2) is 5.78 Å². The Morgan fingerprint density at radius 2 is 1.74 bits per heavy atom. The summed E-state index contributed by atoms with van der Waals surface area (Å²) < 4.78 is 10.2. The number of rotatable bonds is 8. The van der Waals surface area contributed by atoms with E-state index in [1.807, 2.05) is 0 Å². The Labute approximate surface area is 195 Å². The van der Waals surface area contributed by atoms with E-state index in [2.05, 4.69) is 10.1 Å². The molecule has 0 aliphatic rings. The Morgan fingerprint density at radius 3 is 2.35 bits per heavy atom. The van der Waals surface area contributed by atoms with Crippen LogP contribution < -0.4 is 10.2 Å². The maximum Gasteiger partial charge on any atom is 0.341 e. The normalized spacial score (nSPS) is 10.5. The van der Waals surface area contributed by atoms with Gasteiger partial charge in [0.25, 0.3) is 11.6 Å². The van der Waals surface area contributed by atoms with Crippen molar-refractivity contribution in [3.63, 3.8) is 0 Å². The van der Waals surface area contributed by atoms with Gasteiger partial charge in [0.05, 0.1) is 24.1 Å². The lowest BCUT2D eigenvalue weighted by atomic mass is 9.97. The van der Waals surface area contributed by atoms with Crippen LogP contribution in [0.4, 0.5) is 11.4 Å². The van der Waals surface area contributed by atoms with Crippen molar-refractivity contribution in [2.24, 2.45) is 0 Å². The molecule has 2 aromatic carbocycles. The summed E-state index contributed by atoms with van der Waals surface area (Å²) in [5.41, 5.74) is 0.674. The molecular formula is C24H23N3O7. The fourth-order valence-corrected chi connectivity index (χ4v) is 3.43. The number of methoxy groups -OCH3 is 1. The van der Waals surface area contributed by atoms with Crippen LogP contribution in [-0.2, 0) is 11.3 Å². The first kappa shape index (κ1) is 24.2. The summed E-state index contributed by atoms with van der Waals surface area (Å²) in [6.45, 7) is 1.58. The standard InChI is InChI=1S/C24H23N3O7/c1-14-19(24(30)33-4)12-16(34-14)13-25-23(29)18-8-6-5-7-17(18)22(28)15-9-10-20(26(2)3)21(11-15)27(31)32/h5-12H,13H2,1-4H3,(H,25,29). The van der Waals surface area contributed by atoms with Gasteiger partial charge in [0.2, 0.25) is 0 Å². The highest BCUT2D eigenvalue weighted by atomic mass is 16.6. The number of hydrogen-bond acceptors (Lipinski definition) is 8. The molecule has 1 heterocycles. The quantitative estimate of drug-likeness (QED) is 0.231. The van der Waals surface area contributed by atoms with E-state index in [9.17, 15) is 24.5 Å². The van der Waals surface area contributed by atoms with E-state index in [0.29, 0.717) is 17.2 Å². The van der Waals surface area contributed by atoms with Crippen LogP contribution in [0.3, 0.4) is 0 Å². The lowest BCUT2D eigenvalue weighted by molar-refractivity contribution is -0.384. The summed E-state index contributed by atoms with van der Waals surface area (Å²) in [5, 5.41) is 14.1. The maximum absolute atomic E-state index is 13.2. The van der Waals surface area contributed by atoms with Gasteiger partial charge < -0.3 is 19.4 Å². The highest BCUT2D eigenvalue weighted by molar-refractivity contribution is 6.15. The molecule has 0 saturated carbocycles. The molecule has 10 nitrogen and oxygen atoms in total. The van der Waals surface area contributed by atoms with Crippen molar-refractivity contribution in [3.8, 4) is 0 Å². The molecule has 0 aliphatic carbocycles. The molecule has 0 aliphatic heterocycles. The van der Waals surface area contributed by atoms with Crippen molar-refractivity contribution >= 4 is 29.0 Å². The van der Waals surface area contributed by atoms with Gasteiger partial charge in [0.1, 0.15) is 22.8 Å². The minimum absolute atomic E-state index is 0.0256. The topological polar surface area (TPSA) is 132 Å². The highest BCUT2D eigenvalue weighted by Gasteiger charge is 2.23. The van der Waals surface area contributed by atoms with Gasteiger partial charge in [-0.05, 0) is 31.2 Å². The molecule has 10 heteroatoms. The number of carbonyl (C=O) groups is 3. The molecule has 0 spiro atoms. The van der Waals surface area contributed by atoms with Crippen molar-refractivity contribution < 1.29 is 28.5 Å². The van der Waals surface area contributed by atoms with Crippen LogP contribution in [0.2, 0.25) is 0 Å². The molecule has 0 bridgehead atoms. The Bertz CT molecular complexity index is 1280. The molecular weight excluding hydrogens is 442 g/mol. The van der Waals surface area contributed by atoms with Crippen LogP contribution in [0, 0.1) is 17.0 Å². The van der Waals surface area contributed by atoms with Gasteiger partial charge in [-0.2, -0.15) is 0 Å². The minimum Gasteiger partial charge on any atom is -0.465 e. The first-order valence-electron chi connectivity index (χ1n) is 10.2. The number of esters is 1. The van der Waals surface area contributed by atoms with Crippen LogP contribution in [0.5, 0.6) is 0 Å². The van der Waals surface area contributed by atoms with E-state index in [1.54, 1.807) is 38.1 Å². The number of nitrogens with one attached hydrogen (secondary N) is 1.